The highest BCUT2D eigenvalue weighted by Gasteiger charge is 2.35. The summed E-state index contributed by atoms with van der Waals surface area (Å²) in [4.78, 5) is 2.44. The fourth-order valence-electron chi connectivity index (χ4n) is 4.82. The first-order valence-electron chi connectivity index (χ1n) is 12.4. The molecular weight excluding hydrogens is 427 g/mol. The second-order valence-electron chi connectivity index (χ2n) is 9.28. The molecule has 182 valence electrons. The Balaban J connectivity index is 0.00000450. The van der Waals surface area contributed by atoms with Gasteiger partial charge in [-0.25, -0.2) is 0 Å². The number of benzene rings is 1. The molecule has 1 fully saturated rings. The molecule has 31 heavy (non-hydrogen) atoms. The Morgan fingerprint density at radius 2 is 1.39 bits per heavy atom. The monoisotopic (exact) mass is 474 g/mol. The number of β-amino-alcohol motifs (C(OH)–C–C–N with tert-alkyl or cyclic N) is 1. The normalized spacial score (nSPS) is 16.9. The number of nitrogens with two attached hydrogens (primary N) is 1. The molecule has 3 N–H and O–H groups in total. The van der Waals surface area contributed by atoms with E-state index in [-0.39, 0.29) is 36.3 Å². The Morgan fingerprint density at radius 1 is 0.871 bits per heavy atom. The average Bonchev–Trinajstić information content (AvgIpc) is 2.76. The van der Waals surface area contributed by atoms with Gasteiger partial charge in [0.25, 0.3) is 0 Å². The molecule has 0 unspecified atom stereocenters. The van der Waals surface area contributed by atoms with Crippen LogP contribution in [0.2, 0.25) is 0 Å². The molecule has 2 rings (SSSR count). The average molecular weight is 476 g/mol. The van der Waals surface area contributed by atoms with E-state index in [0.717, 1.165) is 38.9 Å². The van der Waals surface area contributed by atoms with Crippen molar-refractivity contribution in [1.29, 1.82) is 0 Å². The zero-order valence-electron chi connectivity index (χ0n) is 19.8. The Morgan fingerprint density at radius 3 is 1.90 bits per heavy atom. The Labute approximate surface area is 204 Å². The van der Waals surface area contributed by atoms with Crippen molar-refractivity contribution in [2.24, 2.45) is 5.73 Å². The summed E-state index contributed by atoms with van der Waals surface area (Å²) < 4.78 is 0. The molecule has 0 aliphatic carbocycles. The van der Waals surface area contributed by atoms with Crippen molar-refractivity contribution in [3.05, 3.63) is 35.9 Å². The number of hydrogen-bond donors (Lipinski definition) is 2. The lowest BCUT2D eigenvalue weighted by Crippen LogP contribution is -2.48. The molecule has 3 nitrogen and oxygen atoms in total. The molecule has 1 aromatic rings. The van der Waals surface area contributed by atoms with Gasteiger partial charge in [-0.15, -0.1) is 24.8 Å². The predicted molar refractivity (Wildman–Crippen MR) is 140 cm³/mol. The highest BCUT2D eigenvalue weighted by Crippen LogP contribution is 2.34. The summed E-state index contributed by atoms with van der Waals surface area (Å²) in [5.41, 5.74) is 7.70. The van der Waals surface area contributed by atoms with E-state index in [2.05, 4.69) is 42.2 Å². The van der Waals surface area contributed by atoms with Gasteiger partial charge in [-0.05, 0) is 37.9 Å². The molecule has 1 aliphatic heterocycles. The van der Waals surface area contributed by atoms with Crippen molar-refractivity contribution in [3.8, 4) is 0 Å². The molecule has 0 bridgehead atoms. The van der Waals surface area contributed by atoms with Gasteiger partial charge in [0.1, 0.15) is 0 Å². The van der Waals surface area contributed by atoms with E-state index in [1.54, 1.807) is 0 Å². The van der Waals surface area contributed by atoms with Crippen LogP contribution in [0.4, 0.5) is 0 Å². The molecule has 1 aliphatic rings. The number of piperidine rings is 1. The first kappa shape index (κ1) is 30.7. The number of aliphatic hydroxyl groups is 1. The number of rotatable bonds is 15. The maximum atomic E-state index is 10.5. The second-order valence-corrected chi connectivity index (χ2v) is 9.28. The zero-order valence-corrected chi connectivity index (χ0v) is 21.4. The van der Waals surface area contributed by atoms with Crippen LogP contribution in [0.15, 0.2) is 30.3 Å². The van der Waals surface area contributed by atoms with Gasteiger partial charge >= 0.3 is 0 Å². The number of aliphatic hydroxyl groups excluding tert-OH is 1. The van der Waals surface area contributed by atoms with Crippen molar-refractivity contribution in [3.63, 3.8) is 0 Å². The molecule has 1 atom stereocenters. The van der Waals surface area contributed by atoms with E-state index >= 15 is 0 Å². The maximum absolute atomic E-state index is 10.5. The summed E-state index contributed by atoms with van der Waals surface area (Å²) in [6.07, 6.45) is 16.5. The van der Waals surface area contributed by atoms with Crippen LogP contribution in [-0.2, 0) is 5.41 Å². The third-order valence-corrected chi connectivity index (χ3v) is 6.95. The number of unbranched alkanes of at least 4 members (excludes halogenated alkanes) is 9. The van der Waals surface area contributed by atoms with Crippen LogP contribution in [0.25, 0.3) is 0 Å². The minimum Gasteiger partial charge on any atom is -0.392 e. The van der Waals surface area contributed by atoms with E-state index in [1.165, 1.54) is 69.8 Å². The largest absolute Gasteiger partial charge is 0.392 e. The number of likely N-dealkylation sites (tertiary alicyclic amines) is 1. The molecule has 0 radical (unpaired) electrons. The van der Waals surface area contributed by atoms with Crippen molar-refractivity contribution in [2.75, 3.05) is 26.2 Å². The highest BCUT2D eigenvalue weighted by molar-refractivity contribution is 5.85. The number of nitrogens with zero attached hydrogens (tertiary/aromatic N) is 1. The molecule has 0 saturated carbocycles. The number of halogens is 2. The van der Waals surface area contributed by atoms with Crippen molar-refractivity contribution >= 4 is 24.8 Å². The molecular formula is C26H48Cl2N2O. The van der Waals surface area contributed by atoms with Crippen LogP contribution in [0.1, 0.15) is 96.0 Å². The zero-order chi connectivity index (χ0) is 20.8. The third kappa shape index (κ3) is 11.4. The minimum absolute atomic E-state index is 0. The maximum Gasteiger partial charge on any atom is 0.0667 e. The van der Waals surface area contributed by atoms with Crippen molar-refractivity contribution in [2.45, 2.75) is 102 Å². The smallest absolute Gasteiger partial charge is 0.0667 e. The Hall–Kier alpha value is -0.320. The first-order chi connectivity index (χ1) is 14.2. The minimum atomic E-state index is -0.175. The van der Waals surface area contributed by atoms with Gasteiger partial charge in [0.05, 0.1) is 6.10 Å². The Kier molecular flexibility index (Phi) is 18.0. The predicted octanol–water partition coefficient (Wildman–Crippen LogP) is 6.49. The molecule has 1 aromatic carbocycles. The standard InChI is InChI=1S/C26H46N2O.2ClH/c1-2-3-4-5-6-7-8-9-10-14-17-25(29)22-28-20-18-26(23-27,19-21-28)24-15-12-11-13-16-24;;/h11-13,15-16,25,29H,2-10,14,17-23,27H2,1H3;2*1H/t25-;;/m1../s1. The van der Waals surface area contributed by atoms with Gasteiger partial charge in [-0.1, -0.05) is 101 Å². The quantitative estimate of drug-likeness (QED) is 0.285. The molecule has 1 saturated heterocycles. The lowest BCUT2D eigenvalue weighted by molar-refractivity contribution is 0.0760. The van der Waals surface area contributed by atoms with E-state index < -0.39 is 0 Å². The summed E-state index contributed by atoms with van der Waals surface area (Å²) >= 11 is 0. The lowest BCUT2D eigenvalue weighted by Gasteiger charge is -2.42. The van der Waals surface area contributed by atoms with E-state index in [0.29, 0.717) is 6.54 Å². The van der Waals surface area contributed by atoms with E-state index in [9.17, 15) is 5.11 Å². The summed E-state index contributed by atoms with van der Waals surface area (Å²) in [6.45, 7) is 5.90. The summed E-state index contributed by atoms with van der Waals surface area (Å²) in [7, 11) is 0. The van der Waals surface area contributed by atoms with Crippen molar-refractivity contribution < 1.29 is 5.11 Å². The van der Waals surface area contributed by atoms with E-state index in [1.807, 2.05) is 0 Å². The van der Waals surface area contributed by atoms with Crippen LogP contribution in [0.5, 0.6) is 0 Å². The molecule has 0 aromatic heterocycles. The SMILES string of the molecule is CCCCCCCCCCCC[C@@H](O)CN1CCC(CN)(c2ccccc2)CC1.Cl.Cl. The van der Waals surface area contributed by atoms with E-state index in [4.69, 9.17) is 5.73 Å². The van der Waals surface area contributed by atoms with Crippen LogP contribution < -0.4 is 5.73 Å². The van der Waals surface area contributed by atoms with Gasteiger partial charge in [0.15, 0.2) is 0 Å². The fourth-order valence-corrected chi connectivity index (χ4v) is 4.82. The lowest BCUT2D eigenvalue weighted by atomic mass is 9.73. The van der Waals surface area contributed by atoms with Crippen LogP contribution >= 0.6 is 24.8 Å². The molecule has 0 amide bonds. The fraction of sp³-hybridized carbons (Fsp3) is 0.769. The van der Waals surface area contributed by atoms with Crippen molar-refractivity contribution in [1.82, 2.24) is 4.90 Å². The summed E-state index contributed by atoms with van der Waals surface area (Å²) in [5.74, 6) is 0. The third-order valence-electron chi connectivity index (χ3n) is 6.95. The highest BCUT2D eigenvalue weighted by atomic mass is 35.5. The molecule has 1 heterocycles. The topological polar surface area (TPSA) is 49.5 Å². The van der Waals surface area contributed by atoms with Gasteiger partial charge in [-0.3, -0.25) is 0 Å². The Bertz CT molecular complexity index is 521. The van der Waals surface area contributed by atoms with Crippen LogP contribution in [0.3, 0.4) is 0 Å². The van der Waals surface area contributed by atoms with Gasteiger partial charge in [0, 0.05) is 18.5 Å². The van der Waals surface area contributed by atoms with Gasteiger partial charge in [-0.2, -0.15) is 0 Å². The molecule has 5 heteroatoms. The second kappa shape index (κ2) is 18.1. The first-order valence-corrected chi connectivity index (χ1v) is 12.4. The van der Waals surface area contributed by atoms with Crippen LogP contribution in [-0.4, -0.2) is 42.3 Å². The van der Waals surface area contributed by atoms with Gasteiger partial charge in [0.2, 0.25) is 0 Å². The number of hydrogen-bond acceptors (Lipinski definition) is 3. The summed E-state index contributed by atoms with van der Waals surface area (Å²) in [5, 5.41) is 10.5. The van der Waals surface area contributed by atoms with Crippen LogP contribution in [0, 0.1) is 0 Å². The van der Waals surface area contributed by atoms with Gasteiger partial charge < -0.3 is 15.7 Å². The molecule has 0 spiro atoms. The summed E-state index contributed by atoms with van der Waals surface area (Å²) in [6, 6.07) is 10.8.